The van der Waals surface area contributed by atoms with Gasteiger partial charge in [0.05, 0.1) is 6.61 Å². The molecule has 1 fully saturated rings. The lowest BCUT2D eigenvalue weighted by Crippen LogP contribution is -2.58. The Balaban J connectivity index is 2.33. The Labute approximate surface area is 106 Å². The Morgan fingerprint density at radius 1 is 1.41 bits per heavy atom. The van der Waals surface area contributed by atoms with Crippen molar-refractivity contribution in [2.75, 3.05) is 26.2 Å². The molecule has 0 radical (unpaired) electrons. The normalized spacial score (nSPS) is 20.2. The van der Waals surface area contributed by atoms with Crippen LogP contribution in [-0.2, 0) is 4.74 Å². The first-order valence-electron chi connectivity index (χ1n) is 6.36. The minimum atomic E-state index is -1.11. The number of hydrogen-bond acceptors (Lipinski definition) is 3. The number of carbonyl (C=O) groups excluding carboxylic acids is 1. The molecule has 0 atom stereocenters. The topological polar surface area (TPSA) is 41.6 Å². The zero-order chi connectivity index (χ0) is 13.1. The van der Waals surface area contributed by atoms with Crippen LogP contribution in [0.2, 0.25) is 25.7 Å². The molecule has 1 N–H and O–H groups in total. The molecule has 0 saturated carbocycles. The fourth-order valence-electron chi connectivity index (χ4n) is 1.83. The molecule has 1 heterocycles. The molecule has 0 aliphatic carbocycles. The van der Waals surface area contributed by atoms with Crippen molar-refractivity contribution in [3.63, 3.8) is 0 Å². The van der Waals surface area contributed by atoms with E-state index in [0.717, 1.165) is 25.7 Å². The van der Waals surface area contributed by atoms with Crippen molar-refractivity contribution in [3.05, 3.63) is 0 Å². The molecule has 5 heteroatoms. The van der Waals surface area contributed by atoms with Gasteiger partial charge in [0.25, 0.3) is 0 Å². The number of nitrogens with one attached hydrogen (secondary N) is 1. The van der Waals surface area contributed by atoms with E-state index in [0.29, 0.717) is 6.61 Å². The van der Waals surface area contributed by atoms with Crippen LogP contribution in [0.4, 0.5) is 4.79 Å². The number of amides is 1. The molecule has 1 aliphatic heterocycles. The quantitative estimate of drug-likeness (QED) is 0.789. The molecular weight excluding hydrogens is 232 g/mol. The highest BCUT2D eigenvalue weighted by molar-refractivity contribution is 6.76. The zero-order valence-corrected chi connectivity index (χ0v) is 12.8. The standard InChI is InChI=1S/C12H26N2O2Si/c1-12(2)10-14(7-6-13-12)11(15)16-8-9-17(3,4)5/h13H,6-10H2,1-5H3. The van der Waals surface area contributed by atoms with Crippen molar-refractivity contribution in [1.29, 1.82) is 0 Å². The van der Waals surface area contributed by atoms with Crippen molar-refractivity contribution in [2.24, 2.45) is 0 Å². The monoisotopic (exact) mass is 258 g/mol. The van der Waals surface area contributed by atoms with Crippen LogP contribution in [0, 0.1) is 0 Å². The Morgan fingerprint density at radius 2 is 2.06 bits per heavy atom. The third-order valence-electron chi connectivity index (χ3n) is 2.91. The largest absolute Gasteiger partial charge is 0.450 e. The molecule has 0 unspecified atom stereocenters. The van der Waals surface area contributed by atoms with E-state index in [9.17, 15) is 4.79 Å². The number of hydrogen-bond donors (Lipinski definition) is 1. The van der Waals surface area contributed by atoms with Gasteiger partial charge < -0.3 is 15.0 Å². The summed E-state index contributed by atoms with van der Waals surface area (Å²) in [4.78, 5) is 13.7. The van der Waals surface area contributed by atoms with Gasteiger partial charge in [0.1, 0.15) is 0 Å². The molecule has 0 aromatic rings. The van der Waals surface area contributed by atoms with E-state index in [1.54, 1.807) is 4.90 Å². The third kappa shape index (κ3) is 5.54. The fourth-order valence-corrected chi connectivity index (χ4v) is 2.55. The van der Waals surface area contributed by atoms with Crippen molar-refractivity contribution in [2.45, 2.75) is 45.1 Å². The molecule has 1 amide bonds. The number of ether oxygens (including phenoxy) is 1. The second kappa shape index (κ2) is 5.39. The van der Waals surface area contributed by atoms with E-state index in [1.165, 1.54) is 0 Å². The molecule has 0 spiro atoms. The lowest BCUT2D eigenvalue weighted by atomic mass is 10.0. The lowest BCUT2D eigenvalue weighted by Gasteiger charge is -2.38. The molecule has 0 aromatic heterocycles. The molecule has 1 rings (SSSR count). The van der Waals surface area contributed by atoms with Gasteiger partial charge in [-0.3, -0.25) is 0 Å². The van der Waals surface area contributed by atoms with Crippen molar-refractivity contribution in [3.8, 4) is 0 Å². The van der Waals surface area contributed by atoms with E-state index in [4.69, 9.17) is 4.74 Å². The van der Waals surface area contributed by atoms with Gasteiger partial charge in [-0.2, -0.15) is 0 Å². The Morgan fingerprint density at radius 3 is 2.59 bits per heavy atom. The fraction of sp³-hybridized carbons (Fsp3) is 0.917. The third-order valence-corrected chi connectivity index (χ3v) is 4.61. The van der Waals surface area contributed by atoms with E-state index < -0.39 is 8.07 Å². The van der Waals surface area contributed by atoms with Crippen LogP contribution in [0.15, 0.2) is 0 Å². The van der Waals surface area contributed by atoms with Crippen LogP contribution < -0.4 is 5.32 Å². The number of carbonyl (C=O) groups is 1. The summed E-state index contributed by atoms with van der Waals surface area (Å²) in [5.41, 5.74) is -0.00392. The summed E-state index contributed by atoms with van der Waals surface area (Å²) in [6.07, 6.45) is -0.155. The lowest BCUT2D eigenvalue weighted by molar-refractivity contribution is 0.0835. The summed E-state index contributed by atoms with van der Waals surface area (Å²) in [6.45, 7) is 13.9. The van der Waals surface area contributed by atoms with Crippen LogP contribution in [0.25, 0.3) is 0 Å². The highest BCUT2D eigenvalue weighted by Gasteiger charge is 2.29. The first-order chi connectivity index (χ1) is 7.70. The van der Waals surface area contributed by atoms with Crippen LogP contribution in [-0.4, -0.2) is 50.8 Å². The maximum absolute atomic E-state index is 11.9. The minimum absolute atomic E-state index is 0.00392. The first-order valence-corrected chi connectivity index (χ1v) is 10.1. The molecule has 0 aromatic carbocycles. The molecule has 100 valence electrons. The van der Waals surface area contributed by atoms with Gasteiger partial charge in [-0.25, -0.2) is 4.79 Å². The van der Waals surface area contributed by atoms with Crippen LogP contribution >= 0.6 is 0 Å². The Kier molecular flexibility index (Phi) is 4.60. The molecule has 17 heavy (non-hydrogen) atoms. The predicted molar refractivity (Wildman–Crippen MR) is 73.2 cm³/mol. The first kappa shape index (κ1) is 14.5. The molecular formula is C12H26N2O2Si. The molecule has 0 bridgehead atoms. The van der Waals surface area contributed by atoms with Crippen molar-refractivity contribution >= 4 is 14.2 Å². The summed E-state index contributed by atoms with van der Waals surface area (Å²) in [5.74, 6) is 0. The van der Waals surface area contributed by atoms with Crippen LogP contribution in [0.5, 0.6) is 0 Å². The highest BCUT2D eigenvalue weighted by atomic mass is 28.3. The van der Waals surface area contributed by atoms with Gasteiger partial charge in [-0.05, 0) is 19.9 Å². The van der Waals surface area contributed by atoms with Gasteiger partial charge >= 0.3 is 6.09 Å². The number of piperazine rings is 1. The summed E-state index contributed by atoms with van der Waals surface area (Å²) in [5, 5.41) is 3.38. The Bertz CT molecular complexity index is 274. The minimum Gasteiger partial charge on any atom is -0.450 e. The van der Waals surface area contributed by atoms with Gasteiger partial charge in [0.15, 0.2) is 0 Å². The molecule has 1 aliphatic rings. The average Bonchev–Trinajstić information content (AvgIpc) is 2.13. The van der Waals surface area contributed by atoms with Gasteiger partial charge in [0, 0.05) is 33.2 Å². The summed E-state index contributed by atoms with van der Waals surface area (Å²) < 4.78 is 5.34. The van der Waals surface area contributed by atoms with E-state index >= 15 is 0 Å². The summed E-state index contributed by atoms with van der Waals surface area (Å²) >= 11 is 0. The maximum Gasteiger partial charge on any atom is 0.409 e. The van der Waals surface area contributed by atoms with Crippen molar-refractivity contribution < 1.29 is 9.53 Å². The molecule has 1 saturated heterocycles. The van der Waals surface area contributed by atoms with Crippen LogP contribution in [0.1, 0.15) is 13.8 Å². The average molecular weight is 258 g/mol. The van der Waals surface area contributed by atoms with E-state index in [1.807, 2.05) is 0 Å². The number of rotatable bonds is 3. The predicted octanol–water partition coefficient (Wildman–Crippen LogP) is 2.15. The second-order valence-electron chi connectivity index (χ2n) is 6.66. The van der Waals surface area contributed by atoms with E-state index in [-0.39, 0.29) is 11.6 Å². The smallest absolute Gasteiger partial charge is 0.409 e. The van der Waals surface area contributed by atoms with Gasteiger partial charge in [0.2, 0.25) is 0 Å². The maximum atomic E-state index is 11.9. The zero-order valence-electron chi connectivity index (χ0n) is 11.8. The Hall–Kier alpha value is -0.553. The summed E-state index contributed by atoms with van der Waals surface area (Å²) in [6, 6.07) is 1.04. The number of nitrogens with zero attached hydrogens (tertiary/aromatic N) is 1. The SMILES string of the molecule is CC1(C)CN(C(=O)OCC[Si](C)(C)C)CCN1. The van der Waals surface area contributed by atoms with Gasteiger partial charge in [-0.15, -0.1) is 0 Å². The van der Waals surface area contributed by atoms with Crippen LogP contribution in [0.3, 0.4) is 0 Å². The van der Waals surface area contributed by atoms with Crippen molar-refractivity contribution in [1.82, 2.24) is 10.2 Å². The second-order valence-corrected chi connectivity index (χ2v) is 12.3. The molecule has 4 nitrogen and oxygen atoms in total. The van der Waals surface area contributed by atoms with Gasteiger partial charge in [-0.1, -0.05) is 19.6 Å². The summed E-state index contributed by atoms with van der Waals surface area (Å²) in [7, 11) is -1.11. The van der Waals surface area contributed by atoms with E-state index in [2.05, 4.69) is 38.8 Å². The highest BCUT2D eigenvalue weighted by Crippen LogP contribution is 2.12.